The summed E-state index contributed by atoms with van der Waals surface area (Å²) in [5, 5.41) is 11.0. The first kappa shape index (κ1) is 16.7. The second-order valence-electron chi connectivity index (χ2n) is 5.14. The maximum atomic E-state index is 12.1. The Kier molecular flexibility index (Phi) is 5.39. The van der Waals surface area contributed by atoms with E-state index in [0.717, 1.165) is 5.69 Å². The van der Waals surface area contributed by atoms with Crippen LogP contribution in [0.2, 0.25) is 0 Å². The molecule has 3 aromatic rings. The third kappa shape index (κ3) is 4.43. The van der Waals surface area contributed by atoms with Gasteiger partial charge in [0, 0.05) is 10.9 Å². The molecule has 6 heteroatoms. The Morgan fingerprint density at radius 2 is 1.92 bits per heavy atom. The lowest BCUT2D eigenvalue weighted by molar-refractivity contribution is 0.0472. The maximum absolute atomic E-state index is 12.1. The highest BCUT2D eigenvalue weighted by molar-refractivity contribution is 7.07. The lowest BCUT2D eigenvalue weighted by atomic mass is 10.1. The highest BCUT2D eigenvalue weighted by Gasteiger charge is 2.09. The Hall–Kier alpha value is -3.17. The molecular weight excluding hydrogens is 336 g/mol. The first-order chi connectivity index (χ1) is 12.3. The number of nitriles is 1. The van der Waals surface area contributed by atoms with Gasteiger partial charge in [0.2, 0.25) is 0 Å². The van der Waals surface area contributed by atoms with Crippen LogP contribution in [0.5, 0.6) is 5.75 Å². The third-order valence-electron chi connectivity index (χ3n) is 3.46. The van der Waals surface area contributed by atoms with E-state index in [9.17, 15) is 4.79 Å². The summed E-state index contributed by atoms with van der Waals surface area (Å²) >= 11 is 1.51. The highest BCUT2D eigenvalue weighted by Crippen LogP contribution is 2.16. The fraction of sp³-hybridized carbons (Fsp3) is 0.105. The van der Waals surface area contributed by atoms with Gasteiger partial charge in [-0.15, -0.1) is 11.3 Å². The molecule has 5 nitrogen and oxygen atoms in total. The van der Waals surface area contributed by atoms with Gasteiger partial charge < -0.3 is 9.47 Å². The van der Waals surface area contributed by atoms with Gasteiger partial charge in [-0.25, -0.2) is 9.78 Å². The van der Waals surface area contributed by atoms with Gasteiger partial charge in [0.05, 0.1) is 28.4 Å². The number of nitrogens with zero attached hydrogens (tertiary/aromatic N) is 2. The van der Waals surface area contributed by atoms with Crippen molar-refractivity contribution in [3.63, 3.8) is 0 Å². The van der Waals surface area contributed by atoms with Gasteiger partial charge in [0.25, 0.3) is 0 Å². The van der Waals surface area contributed by atoms with Crippen LogP contribution < -0.4 is 4.74 Å². The van der Waals surface area contributed by atoms with Gasteiger partial charge in [0.15, 0.2) is 0 Å². The van der Waals surface area contributed by atoms with Gasteiger partial charge >= 0.3 is 5.97 Å². The predicted molar refractivity (Wildman–Crippen MR) is 93.2 cm³/mol. The Balaban J connectivity index is 1.56. The largest absolute Gasteiger partial charge is 0.487 e. The summed E-state index contributed by atoms with van der Waals surface area (Å²) in [4.78, 5) is 16.3. The van der Waals surface area contributed by atoms with E-state index < -0.39 is 5.97 Å². The molecule has 124 valence electrons. The Morgan fingerprint density at radius 1 is 1.12 bits per heavy atom. The zero-order valence-corrected chi connectivity index (χ0v) is 14.0. The molecule has 1 aromatic heterocycles. The minimum atomic E-state index is -0.446. The van der Waals surface area contributed by atoms with Crippen molar-refractivity contribution in [2.45, 2.75) is 13.2 Å². The summed E-state index contributed by atoms with van der Waals surface area (Å²) in [7, 11) is 0. The van der Waals surface area contributed by atoms with Crippen LogP contribution in [0.15, 0.2) is 59.4 Å². The number of esters is 1. The number of thiazole rings is 1. The molecule has 0 aliphatic heterocycles. The molecule has 0 bridgehead atoms. The molecule has 0 spiro atoms. The highest BCUT2D eigenvalue weighted by atomic mass is 32.1. The van der Waals surface area contributed by atoms with Gasteiger partial charge in [-0.3, -0.25) is 0 Å². The van der Waals surface area contributed by atoms with E-state index in [1.807, 2.05) is 5.38 Å². The predicted octanol–water partition coefficient (Wildman–Crippen LogP) is 3.95. The summed E-state index contributed by atoms with van der Waals surface area (Å²) in [6, 6.07) is 15.8. The number of carbonyl (C=O) groups is 1. The minimum absolute atomic E-state index is 0.0602. The molecule has 0 radical (unpaired) electrons. The normalized spacial score (nSPS) is 10.0. The topological polar surface area (TPSA) is 72.2 Å². The molecule has 0 fully saturated rings. The monoisotopic (exact) mass is 350 g/mol. The molecule has 25 heavy (non-hydrogen) atoms. The van der Waals surface area contributed by atoms with E-state index in [-0.39, 0.29) is 6.61 Å². The molecule has 0 amide bonds. The number of aromatic nitrogens is 1. The lowest BCUT2D eigenvalue weighted by Crippen LogP contribution is -2.06. The van der Waals surface area contributed by atoms with Crippen molar-refractivity contribution in [1.82, 2.24) is 4.98 Å². The van der Waals surface area contributed by atoms with Crippen molar-refractivity contribution in [2.75, 3.05) is 0 Å². The molecule has 3 rings (SSSR count). The first-order valence-electron chi connectivity index (χ1n) is 7.51. The van der Waals surface area contributed by atoms with Gasteiger partial charge in [-0.05, 0) is 30.3 Å². The van der Waals surface area contributed by atoms with E-state index in [0.29, 0.717) is 29.0 Å². The van der Waals surface area contributed by atoms with Crippen LogP contribution >= 0.6 is 11.3 Å². The molecule has 2 aromatic carbocycles. The second kappa shape index (κ2) is 8.08. The second-order valence-corrected chi connectivity index (χ2v) is 5.86. The zero-order chi connectivity index (χ0) is 17.5. The number of ether oxygens (including phenoxy) is 2. The van der Waals surface area contributed by atoms with Crippen LogP contribution in [0, 0.1) is 11.3 Å². The lowest BCUT2D eigenvalue weighted by Gasteiger charge is -2.08. The maximum Gasteiger partial charge on any atom is 0.338 e. The number of hydrogen-bond acceptors (Lipinski definition) is 6. The molecule has 0 atom stereocenters. The van der Waals surface area contributed by atoms with Crippen molar-refractivity contribution in [3.05, 3.63) is 81.8 Å². The smallest absolute Gasteiger partial charge is 0.338 e. The zero-order valence-electron chi connectivity index (χ0n) is 13.2. The Morgan fingerprint density at radius 3 is 2.64 bits per heavy atom. The molecule has 0 N–H and O–H groups in total. The SMILES string of the molecule is N#Cc1ccccc1COC(=O)c1ccc(OCc2cscn2)cc1. The van der Waals surface area contributed by atoms with E-state index in [2.05, 4.69) is 11.1 Å². The molecule has 0 saturated carbocycles. The van der Waals surface area contributed by atoms with Crippen molar-refractivity contribution in [3.8, 4) is 11.8 Å². The number of benzene rings is 2. The van der Waals surface area contributed by atoms with Gasteiger partial charge in [0.1, 0.15) is 19.0 Å². The number of hydrogen-bond donors (Lipinski definition) is 0. The molecule has 0 unspecified atom stereocenters. The van der Waals surface area contributed by atoms with E-state index in [1.165, 1.54) is 11.3 Å². The van der Waals surface area contributed by atoms with Gasteiger partial charge in [-0.2, -0.15) is 5.26 Å². The van der Waals surface area contributed by atoms with E-state index in [1.54, 1.807) is 54.0 Å². The van der Waals surface area contributed by atoms with E-state index in [4.69, 9.17) is 14.7 Å². The quantitative estimate of drug-likeness (QED) is 0.629. The minimum Gasteiger partial charge on any atom is -0.487 e. The van der Waals surface area contributed by atoms with Crippen LogP contribution in [-0.4, -0.2) is 11.0 Å². The van der Waals surface area contributed by atoms with Crippen LogP contribution in [0.1, 0.15) is 27.2 Å². The van der Waals surface area contributed by atoms with Crippen LogP contribution in [0.3, 0.4) is 0 Å². The summed E-state index contributed by atoms with van der Waals surface area (Å²) in [5.41, 5.74) is 4.23. The molecule has 0 saturated heterocycles. The summed E-state index contributed by atoms with van der Waals surface area (Å²) in [6.45, 7) is 0.447. The fourth-order valence-corrected chi connectivity index (χ4v) is 2.68. The van der Waals surface area contributed by atoms with Crippen molar-refractivity contribution >= 4 is 17.3 Å². The third-order valence-corrected chi connectivity index (χ3v) is 4.09. The standard InChI is InChI=1S/C19H14N2O3S/c20-9-15-3-1-2-4-16(15)10-24-19(22)14-5-7-18(8-6-14)23-11-17-12-25-13-21-17/h1-8,12-13H,10-11H2. The average Bonchev–Trinajstić information content (AvgIpc) is 3.18. The average molecular weight is 350 g/mol. The van der Waals surface area contributed by atoms with Crippen LogP contribution in [0.25, 0.3) is 0 Å². The number of rotatable bonds is 6. The van der Waals surface area contributed by atoms with Gasteiger partial charge in [-0.1, -0.05) is 18.2 Å². The summed E-state index contributed by atoms with van der Waals surface area (Å²) in [5.74, 6) is 0.207. The first-order valence-corrected chi connectivity index (χ1v) is 8.45. The van der Waals surface area contributed by atoms with Crippen molar-refractivity contribution < 1.29 is 14.3 Å². The molecular formula is C19H14N2O3S. The Labute approximate surface area is 149 Å². The fourth-order valence-electron chi connectivity index (χ4n) is 2.14. The van der Waals surface area contributed by atoms with E-state index >= 15 is 0 Å². The summed E-state index contributed by atoms with van der Waals surface area (Å²) < 4.78 is 10.9. The van der Waals surface area contributed by atoms with Crippen LogP contribution in [-0.2, 0) is 18.0 Å². The molecule has 1 heterocycles. The molecule has 0 aliphatic rings. The van der Waals surface area contributed by atoms with Crippen LogP contribution in [0.4, 0.5) is 0 Å². The summed E-state index contributed by atoms with van der Waals surface area (Å²) in [6.07, 6.45) is 0. The Bertz CT molecular complexity index is 884. The molecule has 0 aliphatic carbocycles. The number of carbonyl (C=O) groups excluding carboxylic acids is 1. The van der Waals surface area contributed by atoms with Crippen molar-refractivity contribution in [1.29, 1.82) is 5.26 Å². The van der Waals surface area contributed by atoms with Crippen molar-refractivity contribution in [2.24, 2.45) is 0 Å².